The largest absolute Gasteiger partial charge is 0.504 e. The molecule has 0 aromatic heterocycles. The maximum atomic E-state index is 12.0. The van der Waals surface area contributed by atoms with Gasteiger partial charge in [0, 0.05) is 16.9 Å². The van der Waals surface area contributed by atoms with Crippen LogP contribution in [0.1, 0.15) is 30.6 Å². The van der Waals surface area contributed by atoms with Crippen molar-refractivity contribution in [2.24, 2.45) is 5.92 Å². The van der Waals surface area contributed by atoms with Gasteiger partial charge in [0.05, 0.1) is 0 Å². The Morgan fingerprint density at radius 2 is 2.00 bits per heavy atom. The van der Waals surface area contributed by atoms with Crippen molar-refractivity contribution < 1.29 is 15.0 Å². The second-order valence-corrected chi connectivity index (χ2v) is 5.30. The quantitative estimate of drug-likeness (QED) is 0.578. The molecule has 0 aliphatic carbocycles. The van der Waals surface area contributed by atoms with Crippen LogP contribution in [0.4, 0.5) is 0 Å². The highest BCUT2D eigenvalue weighted by Crippen LogP contribution is 2.25. The maximum Gasteiger partial charge on any atom is 0.251 e. The van der Waals surface area contributed by atoms with Crippen LogP contribution in [0.5, 0.6) is 11.5 Å². The van der Waals surface area contributed by atoms with Gasteiger partial charge in [0.2, 0.25) is 0 Å². The number of halogens is 1. The molecule has 1 rings (SSSR count). The summed E-state index contributed by atoms with van der Waals surface area (Å²) in [5.74, 6) is -0.432. The van der Waals surface area contributed by atoms with Crippen molar-refractivity contribution in [3.63, 3.8) is 0 Å². The van der Waals surface area contributed by atoms with Crippen LogP contribution < -0.4 is 5.32 Å². The first-order valence-electron chi connectivity index (χ1n) is 5.84. The minimum Gasteiger partial charge on any atom is -0.504 e. The lowest BCUT2D eigenvalue weighted by Gasteiger charge is -2.21. The van der Waals surface area contributed by atoms with E-state index in [9.17, 15) is 15.0 Å². The summed E-state index contributed by atoms with van der Waals surface area (Å²) in [6, 6.07) is 4.12. The van der Waals surface area contributed by atoms with Gasteiger partial charge in [-0.15, -0.1) is 0 Å². The van der Waals surface area contributed by atoms with E-state index in [2.05, 4.69) is 21.2 Å². The third-order valence-corrected chi connectivity index (χ3v) is 3.24. The monoisotopic (exact) mass is 315 g/mol. The van der Waals surface area contributed by atoms with Crippen LogP contribution in [0.2, 0.25) is 0 Å². The van der Waals surface area contributed by atoms with Crippen LogP contribution in [-0.4, -0.2) is 27.5 Å². The van der Waals surface area contributed by atoms with Crippen LogP contribution in [0, 0.1) is 5.92 Å². The highest BCUT2D eigenvalue weighted by molar-refractivity contribution is 9.09. The number of carbonyl (C=O) groups excluding carboxylic acids is 1. The molecule has 3 N–H and O–H groups in total. The molecule has 0 saturated heterocycles. The smallest absolute Gasteiger partial charge is 0.251 e. The predicted molar refractivity (Wildman–Crippen MR) is 74.3 cm³/mol. The summed E-state index contributed by atoms with van der Waals surface area (Å²) in [5, 5.41) is 22.3. The zero-order valence-corrected chi connectivity index (χ0v) is 12.1. The zero-order chi connectivity index (χ0) is 13.7. The van der Waals surface area contributed by atoms with Gasteiger partial charge in [-0.25, -0.2) is 0 Å². The van der Waals surface area contributed by atoms with Crippen LogP contribution in [-0.2, 0) is 0 Å². The number of hydrogen-bond acceptors (Lipinski definition) is 3. The van der Waals surface area contributed by atoms with Crippen molar-refractivity contribution in [1.82, 2.24) is 5.32 Å². The van der Waals surface area contributed by atoms with Crippen molar-refractivity contribution in [1.29, 1.82) is 0 Å². The molecule has 100 valence electrons. The number of nitrogens with one attached hydrogen (secondary N) is 1. The summed E-state index contributed by atoms with van der Waals surface area (Å²) < 4.78 is 0. The molecular formula is C13H18BrNO3. The minimum absolute atomic E-state index is 0.0767. The number of carbonyl (C=O) groups is 1. The van der Waals surface area contributed by atoms with Crippen LogP contribution in [0.25, 0.3) is 0 Å². The van der Waals surface area contributed by atoms with E-state index in [0.717, 1.165) is 11.8 Å². The molecule has 1 aromatic rings. The third-order valence-electron chi connectivity index (χ3n) is 2.78. The molecule has 0 saturated carbocycles. The highest BCUT2D eigenvalue weighted by Gasteiger charge is 2.17. The Morgan fingerprint density at radius 1 is 1.33 bits per heavy atom. The highest BCUT2D eigenvalue weighted by atomic mass is 79.9. The number of aromatic hydroxyl groups is 2. The van der Waals surface area contributed by atoms with Gasteiger partial charge in [-0.3, -0.25) is 4.79 Å². The van der Waals surface area contributed by atoms with Crippen molar-refractivity contribution in [2.45, 2.75) is 26.3 Å². The van der Waals surface area contributed by atoms with Crippen LogP contribution in [0.15, 0.2) is 18.2 Å². The summed E-state index contributed by atoms with van der Waals surface area (Å²) in [5.41, 5.74) is 0.338. The molecule has 1 aromatic carbocycles. The molecule has 4 nitrogen and oxygen atoms in total. The van der Waals surface area contributed by atoms with Gasteiger partial charge in [-0.1, -0.05) is 29.8 Å². The first kappa shape index (κ1) is 14.8. The van der Waals surface area contributed by atoms with Crippen LogP contribution in [0.3, 0.4) is 0 Å². The first-order valence-corrected chi connectivity index (χ1v) is 6.96. The number of rotatable bonds is 5. The van der Waals surface area contributed by atoms with E-state index < -0.39 is 0 Å². The number of phenols is 2. The zero-order valence-electron chi connectivity index (χ0n) is 10.5. The fourth-order valence-electron chi connectivity index (χ4n) is 1.61. The Kier molecular flexibility index (Phi) is 5.47. The van der Waals surface area contributed by atoms with Crippen molar-refractivity contribution in [2.75, 3.05) is 5.33 Å². The van der Waals surface area contributed by atoms with Crippen molar-refractivity contribution >= 4 is 21.8 Å². The van der Waals surface area contributed by atoms with Crippen molar-refractivity contribution in [3.8, 4) is 11.5 Å². The van der Waals surface area contributed by atoms with E-state index >= 15 is 0 Å². The second-order valence-electron chi connectivity index (χ2n) is 4.51. The van der Waals surface area contributed by atoms with Gasteiger partial charge in [0.1, 0.15) is 0 Å². The summed E-state index contributed by atoms with van der Waals surface area (Å²) in [6.45, 7) is 4.09. The Balaban J connectivity index is 2.77. The molecule has 0 radical (unpaired) electrons. The van der Waals surface area contributed by atoms with E-state index in [1.54, 1.807) is 0 Å². The number of alkyl halides is 1. The first-order chi connectivity index (χ1) is 8.45. The molecule has 0 bridgehead atoms. The molecule has 0 spiro atoms. The predicted octanol–water partition coefficient (Wildman–Crippen LogP) is 2.64. The Morgan fingerprint density at radius 3 is 2.50 bits per heavy atom. The summed E-state index contributed by atoms with van der Waals surface area (Å²) in [7, 11) is 0. The van der Waals surface area contributed by atoms with E-state index in [0.29, 0.717) is 11.5 Å². The van der Waals surface area contributed by atoms with Crippen LogP contribution >= 0.6 is 15.9 Å². The lowest BCUT2D eigenvalue weighted by atomic mass is 10.0. The lowest BCUT2D eigenvalue weighted by molar-refractivity contribution is 0.0924. The van der Waals surface area contributed by atoms with Gasteiger partial charge in [0.15, 0.2) is 11.5 Å². The lowest BCUT2D eigenvalue weighted by Crippen LogP contribution is -2.38. The van der Waals surface area contributed by atoms with Gasteiger partial charge in [0.25, 0.3) is 5.91 Å². The average molecular weight is 316 g/mol. The van der Waals surface area contributed by atoms with Gasteiger partial charge >= 0.3 is 0 Å². The van der Waals surface area contributed by atoms with Gasteiger partial charge in [-0.2, -0.15) is 0 Å². The standard InChI is InChI=1S/C13H18BrNO3/c1-8(2)10(5-6-14)15-13(18)9-3-4-11(16)12(17)7-9/h3-4,7-8,10,16-17H,5-6H2,1-2H3,(H,15,18). The molecule has 1 unspecified atom stereocenters. The summed E-state index contributed by atoms with van der Waals surface area (Å²) in [4.78, 5) is 12.0. The van der Waals surface area contributed by atoms with E-state index in [1.165, 1.54) is 18.2 Å². The van der Waals surface area contributed by atoms with Crippen molar-refractivity contribution in [3.05, 3.63) is 23.8 Å². The number of benzene rings is 1. The van der Waals surface area contributed by atoms with E-state index in [4.69, 9.17) is 0 Å². The normalized spacial score (nSPS) is 12.4. The molecule has 5 heteroatoms. The van der Waals surface area contributed by atoms with Gasteiger partial charge < -0.3 is 15.5 Å². The second kappa shape index (κ2) is 6.64. The molecular weight excluding hydrogens is 298 g/mol. The summed E-state index contributed by atoms with van der Waals surface area (Å²) in [6.07, 6.45) is 0.841. The molecule has 1 atom stereocenters. The maximum absolute atomic E-state index is 12.0. The summed E-state index contributed by atoms with van der Waals surface area (Å²) >= 11 is 3.36. The third kappa shape index (κ3) is 3.91. The molecule has 0 aliphatic rings. The molecule has 1 amide bonds. The molecule has 18 heavy (non-hydrogen) atoms. The van der Waals surface area contributed by atoms with E-state index in [1.807, 2.05) is 13.8 Å². The molecule has 0 heterocycles. The fourth-order valence-corrected chi connectivity index (χ4v) is 2.10. The topological polar surface area (TPSA) is 69.6 Å². The average Bonchev–Trinajstić information content (AvgIpc) is 2.31. The SMILES string of the molecule is CC(C)C(CCBr)NC(=O)c1ccc(O)c(O)c1. The molecule has 0 aliphatic heterocycles. The fraction of sp³-hybridized carbons (Fsp3) is 0.462. The van der Waals surface area contributed by atoms with E-state index in [-0.39, 0.29) is 23.4 Å². The van der Waals surface area contributed by atoms with Gasteiger partial charge in [-0.05, 0) is 30.5 Å². The Hall–Kier alpha value is -1.23. The minimum atomic E-state index is -0.288. The Bertz CT molecular complexity index is 421. The molecule has 0 fully saturated rings. The number of phenolic OH excluding ortho intramolecular Hbond substituents is 2. The number of amides is 1. The number of hydrogen-bond donors (Lipinski definition) is 3. The Labute approximate surface area is 115 Å².